The molecule has 0 aromatic rings. The smallest absolute Gasteiger partial charge is 0.0237 e. The summed E-state index contributed by atoms with van der Waals surface area (Å²) in [5.41, 5.74) is 1.51. The zero-order chi connectivity index (χ0) is 6.57. The lowest BCUT2D eigenvalue weighted by Crippen LogP contribution is -1.91. The maximum atomic E-state index is 2.26. The zero-order valence-electron chi connectivity index (χ0n) is 6.36. The lowest BCUT2D eigenvalue weighted by molar-refractivity contribution is 0.654. The van der Waals surface area contributed by atoms with Crippen molar-refractivity contribution < 1.29 is 0 Å². The molecular weight excluding hydrogens is 108 g/mol. The average molecular weight is 128 g/mol. The first-order valence-corrected chi connectivity index (χ1v) is 3.35. The fourth-order valence-corrected chi connectivity index (χ4v) is 0.606. The second kappa shape index (κ2) is 5.87. The summed E-state index contributed by atoms with van der Waals surface area (Å²) in [7, 11) is 0. The summed E-state index contributed by atoms with van der Waals surface area (Å²) in [5, 5.41) is 0. The molecule has 0 radical (unpaired) electrons. The van der Waals surface area contributed by atoms with Crippen molar-refractivity contribution in [3.63, 3.8) is 0 Å². The van der Waals surface area contributed by atoms with E-state index in [1.54, 1.807) is 0 Å². The van der Waals surface area contributed by atoms with Crippen LogP contribution in [0.4, 0.5) is 0 Å². The summed E-state index contributed by atoms with van der Waals surface area (Å²) in [6.07, 6.45) is 3.45. The molecule has 0 amide bonds. The lowest BCUT2D eigenvalue weighted by Gasteiger charge is -2.06. The van der Waals surface area contributed by atoms with Crippen LogP contribution in [0.1, 0.15) is 41.5 Å². The first-order chi connectivity index (χ1) is 3.72. The Balaban J connectivity index is 0. The zero-order valence-corrected chi connectivity index (χ0v) is 6.36. The first kappa shape index (κ1) is 11.5. The first-order valence-electron chi connectivity index (χ1n) is 3.35. The summed E-state index contributed by atoms with van der Waals surface area (Å²) in [5.74, 6) is 0.778. The quantitative estimate of drug-likeness (QED) is 0.498. The van der Waals surface area contributed by atoms with E-state index in [0.29, 0.717) is 0 Å². The molecule has 0 fully saturated rings. The van der Waals surface area contributed by atoms with E-state index < -0.39 is 0 Å². The van der Waals surface area contributed by atoms with E-state index in [2.05, 4.69) is 33.8 Å². The molecule has 0 aliphatic heterocycles. The predicted molar refractivity (Wildman–Crippen MR) is 45.6 cm³/mol. The Hall–Kier alpha value is -0.260. The van der Waals surface area contributed by atoms with E-state index in [0.717, 1.165) is 5.92 Å². The Morgan fingerprint density at radius 3 is 2.11 bits per heavy atom. The summed E-state index contributed by atoms with van der Waals surface area (Å²) in [6.45, 7) is 8.77. The van der Waals surface area contributed by atoms with Crippen LogP contribution in [0, 0.1) is 5.92 Å². The summed E-state index contributed by atoms with van der Waals surface area (Å²) < 4.78 is 0. The Morgan fingerprint density at radius 1 is 1.56 bits per heavy atom. The van der Waals surface area contributed by atoms with Crippen molar-refractivity contribution in [1.29, 1.82) is 0 Å². The van der Waals surface area contributed by atoms with Crippen LogP contribution in [0.15, 0.2) is 11.6 Å². The van der Waals surface area contributed by atoms with Gasteiger partial charge in [-0.25, -0.2) is 0 Å². The van der Waals surface area contributed by atoms with Gasteiger partial charge in [0.2, 0.25) is 0 Å². The predicted octanol–water partition coefficient (Wildman–Crippen LogP) is 3.63. The molecule has 0 bridgehead atoms. The third kappa shape index (κ3) is 4.26. The standard InChI is InChI=1S/C8H16.CH4/c1-5-7(3)8(4)6-2;/h5,8H,6H2,1-4H3;1H4. The number of hydrogen-bond donors (Lipinski definition) is 0. The van der Waals surface area contributed by atoms with Crippen molar-refractivity contribution in [2.75, 3.05) is 0 Å². The molecule has 0 N–H and O–H groups in total. The van der Waals surface area contributed by atoms with E-state index in [9.17, 15) is 0 Å². The van der Waals surface area contributed by atoms with E-state index in [1.165, 1.54) is 12.0 Å². The third-order valence-corrected chi connectivity index (χ3v) is 1.85. The normalized spacial score (nSPS) is 14.4. The van der Waals surface area contributed by atoms with Gasteiger partial charge in [0.1, 0.15) is 0 Å². The fourth-order valence-electron chi connectivity index (χ4n) is 0.606. The molecule has 0 heterocycles. The highest BCUT2D eigenvalue weighted by atomic mass is 14.0. The molecule has 0 nitrogen and oxygen atoms in total. The Kier molecular flexibility index (Phi) is 7.52. The molecule has 9 heavy (non-hydrogen) atoms. The molecular formula is C9H20. The minimum atomic E-state index is 0. The maximum Gasteiger partial charge on any atom is -0.0237 e. The minimum Gasteiger partial charge on any atom is -0.0885 e. The van der Waals surface area contributed by atoms with E-state index in [1.807, 2.05) is 0 Å². The summed E-state index contributed by atoms with van der Waals surface area (Å²) in [6, 6.07) is 0. The molecule has 0 saturated heterocycles. The van der Waals surface area contributed by atoms with Crippen LogP contribution in [-0.4, -0.2) is 0 Å². The maximum absolute atomic E-state index is 2.26. The highest BCUT2D eigenvalue weighted by Crippen LogP contribution is 2.11. The van der Waals surface area contributed by atoms with Crippen molar-refractivity contribution in [2.24, 2.45) is 5.92 Å². The lowest BCUT2D eigenvalue weighted by atomic mass is 10.0. The van der Waals surface area contributed by atoms with E-state index in [4.69, 9.17) is 0 Å². The van der Waals surface area contributed by atoms with Gasteiger partial charge >= 0.3 is 0 Å². The fraction of sp³-hybridized carbons (Fsp3) is 0.778. The van der Waals surface area contributed by atoms with Crippen LogP contribution in [0.2, 0.25) is 0 Å². The molecule has 0 aliphatic carbocycles. The van der Waals surface area contributed by atoms with Gasteiger partial charge in [-0.15, -0.1) is 0 Å². The van der Waals surface area contributed by atoms with Crippen LogP contribution in [0.5, 0.6) is 0 Å². The number of allylic oxidation sites excluding steroid dienone is 2. The van der Waals surface area contributed by atoms with Crippen LogP contribution >= 0.6 is 0 Å². The second-order valence-corrected chi connectivity index (χ2v) is 2.34. The SMILES string of the molecule is C.CC=C(C)C(C)CC. The Morgan fingerprint density at radius 2 is 2.00 bits per heavy atom. The molecule has 0 saturated carbocycles. The highest BCUT2D eigenvalue weighted by Gasteiger charge is 1.96. The van der Waals surface area contributed by atoms with Gasteiger partial charge in [0, 0.05) is 0 Å². The largest absolute Gasteiger partial charge is 0.0885 e. The van der Waals surface area contributed by atoms with Gasteiger partial charge < -0.3 is 0 Å². The molecule has 56 valence electrons. The molecule has 0 aromatic carbocycles. The minimum absolute atomic E-state index is 0. The van der Waals surface area contributed by atoms with E-state index >= 15 is 0 Å². The Bertz CT molecular complexity index is 80.0. The van der Waals surface area contributed by atoms with Gasteiger partial charge in [0.25, 0.3) is 0 Å². The van der Waals surface area contributed by atoms with Gasteiger partial charge in [0.05, 0.1) is 0 Å². The highest BCUT2D eigenvalue weighted by molar-refractivity contribution is 4.99. The van der Waals surface area contributed by atoms with Crippen LogP contribution < -0.4 is 0 Å². The Labute approximate surface area is 60.0 Å². The van der Waals surface area contributed by atoms with Gasteiger partial charge in [-0.1, -0.05) is 32.9 Å². The average Bonchev–Trinajstić information content (AvgIpc) is 1.84. The molecule has 0 aromatic heterocycles. The van der Waals surface area contributed by atoms with Crippen LogP contribution in [0.25, 0.3) is 0 Å². The third-order valence-electron chi connectivity index (χ3n) is 1.85. The van der Waals surface area contributed by atoms with Crippen molar-refractivity contribution >= 4 is 0 Å². The summed E-state index contributed by atoms with van der Waals surface area (Å²) >= 11 is 0. The van der Waals surface area contributed by atoms with Gasteiger partial charge in [-0.05, 0) is 26.2 Å². The number of hydrogen-bond acceptors (Lipinski definition) is 0. The van der Waals surface area contributed by atoms with Crippen LogP contribution in [-0.2, 0) is 0 Å². The molecule has 1 unspecified atom stereocenters. The monoisotopic (exact) mass is 128 g/mol. The topological polar surface area (TPSA) is 0 Å². The molecule has 0 heteroatoms. The van der Waals surface area contributed by atoms with Gasteiger partial charge in [0.15, 0.2) is 0 Å². The van der Waals surface area contributed by atoms with E-state index in [-0.39, 0.29) is 7.43 Å². The molecule has 1 atom stereocenters. The number of rotatable bonds is 2. The van der Waals surface area contributed by atoms with Gasteiger partial charge in [-0.2, -0.15) is 0 Å². The van der Waals surface area contributed by atoms with Crippen molar-refractivity contribution in [3.05, 3.63) is 11.6 Å². The van der Waals surface area contributed by atoms with Gasteiger partial charge in [-0.3, -0.25) is 0 Å². The molecule has 0 aliphatic rings. The molecule has 0 spiro atoms. The van der Waals surface area contributed by atoms with Crippen molar-refractivity contribution in [2.45, 2.75) is 41.5 Å². The second-order valence-electron chi connectivity index (χ2n) is 2.34. The van der Waals surface area contributed by atoms with Crippen molar-refractivity contribution in [3.8, 4) is 0 Å². The molecule has 0 rings (SSSR count). The summed E-state index contributed by atoms with van der Waals surface area (Å²) in [4.78, 5) is 0. The van der Waals surface area contributed by atoms with Crippen LogP contribution in [0.3, 0.4) is 0 Å². The van der Waals surface area contributed by atoms with Crippen molar-refractivity contribution in [1.82, 2.24) is 0 Å².